The van der Waals surface area contributed by atoms with Gasteiger partial charge in [-0.3, -0.25) is 4.79 Å². The Hall–Kier alpha value is -3.24. The van der Waals surface area contributed by atoms with Gasteiger partial charge in [-0.05, 0) is 54.1 Å². The predicted molar refractivity (Wildman–Crippen MR) is 110 cm³/mol. The summed E-state index contributed by atoms with van der Waals surface area (Å²) in [6.07, 6.45) is 0. The molecule has 1 amide bonds. The van der Waals surface area contributed by atoms with E-state index in [4.69, 9.17) is 16.3 Å². The maximum absolute atomic E-state index is 12.5. The van der Waals surface area contributed by atoms with E-state index in [0.717, 1.165) is 22.2 Å². The van der Waals surface area contributed by atoms with Gasteiger partial charge in [-0.2, -0.15) is 0 Å². The Morgan fingerprint density at radius 3 is 2.56 bits per heavy atom. The van der Waals surface area contributed by atoms with E-state index in [1.165, 1.54) is 0 Å². The van der Waals surface area contributed by atoms with E-state index in [9.17, 15) is 4.79 Å². The molecule has 1 aromatic heterocycles. The van der Waals surface area contributed by atoms with Gasteiger partial charge in [0.25, 0.3) is 5.91 Å². The van der Waals surface area contributed by atoms with Crippen molar-refractivity contribution in [1.82, 2.24) is 4.98 Å². The van der Waals surface area contributed by atoms with Gasteiger partial charge in [0.1, 0.15) is 5.75 Å². The maximum Gasteiger partial charge on any atom is 0.259 e. The van der Waals surface area contributed by atoms with Crippen molar-refractivity contribution in [2.75, 3.05) is 12.4 Å². The first kappa shape index (κ1) is 17.2. The van der Waals surface area contributed by atoms with Crippen LogP contribution in [0.25, 0.3) is 22.2 Å². The van der Waals surface area contributed by atoms with Crippen molar-refractivity contribution < 1.29 is 9.53 Å². The molecule has 4 rings (SSSR count). The van der Waals surface area contributed by atoms with Gasteiger partial charge in [0.05, 0.1) is 12.7 Å². The molecule has 5 heteroatoms. The van der Waals surface area contributed by atoms with Crippen molar-refractivity contribution in [3.8, 4) is 17.0 Å². The molecule has 0 aliphatic heterocycles. The second-order valence-electron chi connectivity index (χ2n) is 6.15. The molecule has 27 heavy (non-hydrogen) atoms. The Kier molecular flexibility index (Phi) is 4.57. The first-order valence-corrected chi connectivity index (χ1v) is 8.85. The van der Waals surface area contributed by atoms with E-state index in [0.29, 0.717) is 22.0 Å². The smallest absolute Gasteiger partial charge is 0.259 e. The summed E-state index contributed by atoms with van der Waals surface area (Å²) in [6, 6.07) is 22.6. The van der Waals surface area contributed by atoms with E-state index in [1.54, 1.807) is 19.2 Å². The number of anilines is 1. The fraction of sp³-hybridized carbons (Fsp3) is 0.0455. The van der Waals surface area contributed by atoms with Crippen LogP contribution in [-0.2, 0) is 0 Å². The summed E-state index contributed by atoms with van der Waals surface area (Å²) in [7, 11) is 1.55. The third kappa shape index (κ3) is 3.52. The average Bonchev–Trinajstić information content (AvgIpc) is 3.11. The summed E-state index contributed by atoms with van der Waals surface area (Å²) < 4.78 is 5.24. The number of halogens is 1. The van der Waals surface area contributed by atoms with E-state index in [2.05, 4.69) is 16.4 Å². The molecule has 0 saturated carbocycles. The highest BCUT2D eigenvalue weighted by Crippen LogP contribution is 2.27. The zero-order valence-electron chi connectivity index (χ0n) is 14.6. The van der Waals surface area contributed by atoms with Crippen molar-refractivity contribution in [3.63, 3.8) is 0 Å². The summed E-state index contributed by atoms with van der Waals surface area (Å²) in [6.45, 7) is 0. The van der Waals surface area contributed by atoms with Crippen LogP contribution in [0.2, 0.25) is 5.02 Å². The van der Waals surface area contributed by atoms with Gasteiger partial charge >= 0.3 is 0 Å². The number of benzene rings is 3. The van der Waals surface area contributed by atoms with Crippen LogP contribution in [0, 0.1) is 0 Å². The second-order valence-corrected chi connectivity index (χ2v) is 6.58. The summed E-state index contributed by atoms with van der Waals surface area (Å²) in [5, 5.41) is 4.67. The largest absolute Gasteiger partial charge is 0.496 e. The number of carbonyl (C=O) groups excluding carboxylic acids is 1. The van der Waals surface area contributed by atoms with Crippen LogP contribution in [0.3, 0.4) is 0 Å². The molecule has 0 radical (unpaired) electrons. The fourth-order valence-corrected chi connectivity index (χ4v) is 3.20. The number of methoxy groups -OCH3 is 1. The molecule has 3 aromatic carbocycles. The highest BCUT2D eigenvalue weighted by molar-refractivity contribution is 6.31. The molecule has 0 aliphatic carbocycles. The number of para-hydroxylation sites is 1. The van der Waals surface area contributed by atoms with Crippen LogP contribution in [0.4, 0.5) is 5.69 Å². The van der Waals surface area contributed by atoms with Crippen LogP contribution in [0.15, 0.2) is 72.8 Å². The Labute approximate surface area is 161 Å². The van der Waals surface area contributed by atoms with Gasteiger partial charge in [0.2, 0.25) is 0 Å². The number of ether oxygens (including phenoxy) is 1. The van der Waals surface area contributed by atoms with E-state index in [-0.39, 0.29) is 5.91 Å². The summed E-state index contributed by atoms with van der Waals surface area (Å²) in [5.41, 5.74) is 4.26. The lowest BCUT2D eigenvalue weighted by Gasteiger charge is -2.09. The minimum atomic E-state index is -0.208. The Morgan fingerprint density at radius 1 is 1.00 bits per heavy atom. The van der Waals surface area contributed by atoms with Crippen molar-refractivity contribution in [2.45, 2.75) is 0 Å². The zero-order valence-corrected chi connectivity index (χ0v) is 15.4. The van der Waals surface area contributed by atoms with E-state index in [1.807, 2.05) is 54.6 Å². The fourth-order valence-electron chi connectivity index (χ4n) is 3.02. The number of amides is 1. The van der Waals surface area contributed by atoms with Crippen LogP contribution >= 0.6 is 11.6 Å². The number of aromatic nitrogens is 1. The molecule has 1 heterocycles. The lowest BCUT2D eigenvalue weighted by molar-refractivity contribution is 0.102. The van der Waals surface area contributed by atoms with Gasteiger partial charge in [-0.25, -0.2) is 0 Å². The van der Waals surface area contributed by atoms with Gasteiger partial charge < -0.3 is 15.0 Å². The molecule has 4 aromatic rings. The third-order valence-electron chi connectivity index (χ3n) is 4.39. The van der Waals surface area contributed by atoms with Gasteiger partial charge in [-0.15, -0.1) is 0 Å². The van der Waals surface area contributed by atoms with E-state index < -0.39 is 0 Å². The minimum Gasteiger partial charge on any atom is -0.496 e. The van der Waals surface area contributed by atoms with Crippen LogP contribution < -0.4 is 10.1 Å². The first-order valence-electron chi connectivity index (χ1n) is 8.47. The summed E-state index contributed by atoms with van der Waals surface area (Å²) >= 11 is 6.05. The molecular formula is C22H17ClN2O2. The van der Waals surface area contributed by atoms with Crippen molar-refractivity contribution in [1.29, 1.82) is 0 Å². The summed E-state index contributed by atoms with van der Waals surface area (Å²) in [4.78, 5) is 15.9. The molecular weight excluding hydrogens is 360 g/mol. The number of rotatable bonds is 4. The number of carbonyl (C=O) groups is 1. The zero-order chi connectivity index (χ0) is 18.8. The standard InChI is InChI=1S/C22H17ClN2O2/c1-27-21-5-3-2-4-18(21)22(26)24-17-9-6-14(7-10-17)20-13-15-12-16(23)8-11-19(15)25-20/h2-13,25H,1H3,(H,24,26). The number of hydrogen-bond donors (Lipinski definition) is 2. The van der Waals surface area contributed by atoms with Crippen molar-refractivity contribution >= 4 is 34.1 Å². The normalized spacial score (nSPS) is 10.7. The second kappa shape index (κ2) is 7.17. The van der Waals surface area contributed by atoms with Gasteiger partial charge in [0, 0.05) is 27.3 Å². The number of hydrogen-bond acceptors (Lipinski definition) is 2. The van der Waals surface area contributed by atoms with E-state index >= 15 is 0 Å². The number of aromatic amines is 1. The Bertz CT molecular complexity index is 1120. The molecule has 0 spiro atoms. The molecule has 0 unspecified atom stereocenters. The maximum atomic E-state index is 12.5. The average molecular weight is 377 g/mol. The highest BCUT2D eigenvalue weighted by Gasteiger charge is 2.12. The van der Waals surface area contributed by atoms with Crippen LogP contribution in [-0.4, -0.2) is 18.0 Å². The number of fused-ring (bicyclic) bond motifs is 1. The van der Waals surface area contributed by atoms with Crippen molar-refractivity contribution in [2.24, 2.45) is 0 Å². The Morgan fingerprint density at radius 2 is 1.78 bits per heavy atom. The van der Waals surface area contributed by atoms with Crippen molar-refractivity contribution in [3.05, 3.63) is 83.4 Å². The topological polar surface area (TPSA) is 54.1 Å². The molecule has 0 saturated heterocycles. The molecule has 0 bridgehead atoms. The minimum absolute atomic E-state index is 0.208. The highest BCUT2D eigenvalue weighted by atomic mass is 35.5. The lowest BCUT2D eigenvalue weighted by atomic mass is 10.1. The first-order chi connectivity index (χ1) is 13.1. The van der Waals surface area contributed by atoms with Gasteiger partial charge in [-0.1, -0.05) is 35.9 Å². The molecule has 134 valence electrons. The molecule has 2 N–H and O–H groups in total. The third-order valence-corrected chi connectivity index (χ3v) is 4.62. The molecule has 0 atom stereocenters. The molecule has 0 aliphatic rings. The Balaban J connectivity index is 1.55. The monoisotopic (exact) mass is 376 g/mol. The predicted octanol–water partition coefficient (Wildman–Crippen LogP) is 5.75. The number of nitrogens with one attached hydrogen (secondary N) is 2. The number of H-pyrrole nitrogens is 1. The molecule has 4 nitrogen and oxygen atoms in total. The summed E-state index contributed by atoms with van der Waals surface area (Å²) in [5.74, 6) is 0.337. The van der Waals surface area contributed by atoms with Gasteiger partial charge in [0.15, 0.2) is 0 Å². The SMILES string of the molecule is COc1ccccc1C(=O)Nc1ccc(-c2cc3cc(Cl)ccc3[nH]2)cc1. The van der Waals surface area contributed by atoms with Crippen LogP contribution in [0.1, 0.15) is 10.4 Å². The quantitative estimate of drug-likeness (QED) is 0.476. The lowest BCUT2D eigenvalue weighted by Crippen LogP contribution is -2.12. The molecule has 0 fully saturated rings. The van der Waals surface area contributed by atoms with Crippen LogP contribution in [0.5, 0.6) is 5.75 Å².